The van der Waals surface area contributed by atoms with E-state index in [1.807, 2.05) is 0 Å². The summed E-state index contributed by atoms with van der Waals surface area (Å²) >= 11 is 0. The molecule has 1 heterocycles. The second kappa shape index (κ2) is 7.60. The molecule has 4 heteroatoms. The monoisotopic (exact) mass is 263 g/mol. The van der Waals surface area contributed by atoms with Gasteiger partial charge in [0.25, 0.3) is 0 Å². The summed E-state index contributed by atoms with van der Waals surface area (Å²) in [6.07, 6.45) is 0.739. The maximum absolute atomic E-state index is 9.55. The predicted molar refractivity (Wildman–Crippen MR) is 78.1 cm³/mol. The van der Waals surface area contributed by atoms with Crippen LogP contribution in [-0.2, 0) is 6.42 Å². The Morgan fingerprint density at radius 2 is 1.68 bits per heavy atom. The van der Waals surface area contributed by atoms with Gasteiger partial charge in [0.2, 0.25) is 0 Å². The molecule has 0 aromatic heterocycles. The highest BCUT2D eigenvalue weighted by molar-refractivity contribution is 5.14. The number of hydrogen-bond donors (Lipinski definition) is 2. The molecule has 0 spiro atoms. The molecule has 1 fully saturated rings. The fourth-order valence-electron chi connectivity index (χ4n) is 2.50. The molecule has 0 saturated carbocycles. The number of aliphatic hydroxyl groups excluding tert-OH is 1. The molecular weight excluding hydrogens is 238 g/mol. The van der Waals surface area contributed by atoms with Gasteiger partial charge in [0, 0.05) is 45.8 Å². The number of nitrogens with zero attached hydrogens (tertiary/aromatic N) is 2. The van der Waals surface area contributed by atoms with Crippen molar-refractivity contribution in [3.8, 4) is 0 Å². The molecule has 4 nitrogen and oxygen atoms in total. The minimum absolute atomic E-state index is 0.355. The molecule has 1 saturated heterocycles. The van der Waals surface area contributed by atoms with Crippen molar-refractivity contribution in [1.29, 1.82) is 0 Å². The Morgan fingerprint density at radius 1 is 1.05 bits per heavy atom. The maximum atomic E-state index is 9.55. The van der Waals surface area contributed by atoms with Crippen LogP contribution in [0.25, 0.3) is 0 Å². The summed E-state index contributed by atoms with van der Waals surface area (Å²) in [5.41, 5.74) is 6.85. The van der Waals surface area contributed by atoms with Gasteiger partial charge in [0.1, 0.15) is 0 Å². The third-order valence-corrected chi connectivity index (χ3v) is 3.77. The molecule has 19 heavy (non-hydrogen) atoms. The Labute approximate surface area is 115 Å². The van der Waals surface area contributed by atoms with Gasteiger partial charge in [-0.2, -0.15) is 0 Å². The Hall–Kier alpha value is -0.940. The van der Waals surface area contributed by atoms with E-state index in [4.69, 9.17) is 5.73 Å². The highest BCUT2D eigenvalue weighted by Gasteiger charge is 2.18. The summed E-state index contributed by atoms with van der Waals surface area (Å²) in [5, 5.41) is 9.55. The van der Waals surface area contributed by atoms with Gasteiger partial charge in [-0.15, -0.1) is 0 Å². The molecule has 2 rings (SSSR count). The third kappa shape index (κ3) is 4.91. The van der Waals surface area contributed by atoms with Crippen LogP contribution in [0.3, 0.4) is 0 Å². The average molecular weight is 263 g/mol. The van der Waals surface area contributed by atoms with Gasteiger partial charge >= 0.3 is 0 Å². The number of benzene rings is 1. The average Bonchev–Trinajstić information content (AvgIpc) is 2.47. The Bertz CT molecular complexity index is 350. The van der Waals surface area contributed by atoms with Crippen LogP contribution in [0.4, 0.5) is 0 Å². The second-order valence-electron chi connectivity index (χ2n) is 5.27. The molecule has 1 atom stereocenters. The third-order valence-electron chi connectivity index (χ3n) is 3.77. The number of aliphatic hydroxyl groups is 1. The number of hydrogen-bond acceptors (Lipinski definition) is 4. The molecule has 1 unspecified atom stereocenters. The Morgan fingerprint density at radius 3 is 2.32 bits per heavy atom. The summed E-state index contributed by atoms with van der Waals surface area (Å²) in [4.78, 5) is 4.80. The first-order valence-electron chi connectivity index (χ1n) is 7.14. The first-order chi connectivity index (χ1) is 9.28. The fourth-order valence-corrected chi connectivity index (χ4v) is 2.50. The van der Waals surface area contributed by atoms with Crippen molar-refractivity contribution in [3.63, 3.8) is 0 Å². The molecular formula is C15H25N3O. The lowest BCUT2D eigenvalue weighted by Crippen LogP contribution is -2.49. The van der Waals surface area contributed by atoms with Gasteiger partial charge in [-0.25, -0.2) is 0 Å². The van der Waals surface area contributed by atoms with E-state index in [1.54, 1.807) is 0 Å². The van der Waals surface area contributed by atoms with Crippen LogP contribution in [-0.4, -0.2) is 66.8 Å². The van der Waals surface area contributed by atoms with E-state index >= 15 is 0 Å². The maximum Gasteiger partial charge on any atom is 0.0789 e. The van der Waals surface area contributed by atoms with E-state index in [0.29, 0.717) is 13.1 Å². The molecule has 1 aliphatic rings. The number of β-amino-alcohol motifs (C(OH)–C–C–N with tert-alkyl or cyclic N) is 1. The molecule has 0 radical (unpaired) electrons. The van der Waals surface area contributed by atoms with Crippen LogP contribution in [0, 0.1) is 0 Å². The first-order valence-corrected chi connectivity index (χ1v) is 7.14. The highest BCUT2D eigenvalue weighted by Crippen LogP contribution is 2.05. The Balaban J connectivity index is 1.66. The van der Waals surface area contributed by atoms with Crippen molar-refractivity contribution in [2.75, 3.05) is 45.8 Å². The van der Waals surface area contributed by atoms with Crippen LogP contribution in [0.15, 0.2) is 30.3 Å². The van der Waals surface area contributed by atoms with Crippen molar-refractivity contribution < 1.29 is 5.11 Å². The summed E-state index contributed by atoms with van der Waals surface area (Å²) in [5.74, 6) is 0. The quantitative estimate of drug-likeness (QED) is 0.768. The summed E-state index contributed by atoms with van der Waals surface area (Å²) in [6, 6.07) is 10.6. The van der Waals surface area contributed by atoms with E-state index in [-0.39, 0.29) is 6.10 Å². The summed E-state index contributed by atoms with van der Waals surface area (Å²) in [7, 11) is 0. The summed E-state index contributed by atoms with van der Waals surface area (Å²) < 4.78 is 0. The zero-order valence-corrected chi connectivity index (χ0v) is 11.5. The van der Waals surface area contributed by atoms with Crippen molar-refractivity contribution in [1.82, 2.24) is 9.80 Å². The largest absolute Gasteiger partial charge is 0.390 e. The zero-order chi connectivity index (χ0) is 13.5. The van der Waals surface area contributed by atoms with Gasteiger partial charge in [0.05, 0.1) is 6.10 Å². The zero-order valence-electron chi connectivity index (χ0n) is 11.5. The number of rotatable bonds is 6. The van der Waals surface area contributed by atoms with Crippen LogP contribution >= 0.6 is 0 Å². The van der Waals surface area contributed by atoms with Gasteiger partial charge in [-0.1, -0.05) is 30.3 Å². The SMILES string of the molecule is NCC(O)CN1CCN(CCc2ccccc2)CC1. The lowest BCUT2D eigenvalue weighted by atomic mass is 10.1. The van der Waals surface area contributed by atoms with Crippen LogP contribution in [0.2, 0.25) is 0 Å². The number of nitrogens with two attached hydrogens (primary N) is 1. The van der Waals surface area contributed by atoms with E-state index in [2.05, 4.69) is 40.1 Å². The van der Waals surface area contributed by atoms with E-state index < -0.39 is 0 Å². The lowest BCUT2D eigenvalue weighted by Gasteiger charge is -2.35. The van der Waals surface area contributed by atoms with E-state index in [9.17, 15) is 5.11 Å². The van der Waals surface area contributed by atoms with Gasteiger partial charge in [-0.3, -0.25) is 4.90 Å². The molecule has 1 aromatic rings. The second-order valence-corrected chi connectivity index (χ2v) is 5.27. The minimum atomic E-state index is -0.379. The van der Waals surface area contributed by atoms with E-state index in [1.165, 1.54) is 5.56 Å². The minimum Gasteiger partial charge on any atom is -0.390 e. The number of piperazine rings is 1. The van der Waals surface area contributed by atoms with Crippen molar-refractivity contribution in [2.45, 2.75) is 12.5 Å². The lowest BCUT2D eigenvalue weighted by molar-refractivity contribution is 0.0769. The van der Waals surface area contributed by atoms with Gasteiger partial charge in [-0.05, 0) is 12.0 Å². The topological polar surface area (TPSA) is 52.7 Å². The van der Waals surface area contributed by atoms with Crippen LogP contribution < -0.4 is 5.73 Å². The van der Waals surface area contributed by atoms with Gasteiger partial charge < -0.3 is 15.7 Å². The molecule has 0 aliphatic carbocycles. The van der Waals surface area contributed by atoms with Crippen LogP contribution in [0.5, 0.6) is 0 Å². The summed E-state index contributed by atoms with van der Waals surface area (Å²) in [6.45, 7) is 6.43. The molecule has 1 aromatic carbocycles. The van der Waals surface area contributed by atoms with Gasteiger partial charge in [0.15, 0.2) is 0 Å². The fraction of sp³-hybridized carbons (Fsp3) is 0.600. The normalized spacial score (nSPS) is 19.5. The standard InChI is InChI=1S/C15H25N3O/c16-12-15(19)13-18-10-8-17(9-11-18)7-6-14-4-2-1-3-5-14/h1-5,15,19H,6-13,16H2. The van der Waals surface area contributed by atoms with E-state index in [0.717, 1.165) is 39.1 Å². The van der Waals surface area contributed by atoms with Crippen LogP contribution in [0.1, 0.15) is 5.56 Å². The molecule has 106 valence electrons. The van der Waals surface area contributed by atoms with Crippen molar-refractivity contribution in [2.24, 2.45) is 5.73 Å². The molecule has 0 amide bonds. The highest BCUT2D eigenvalue weighted by atomic mass is 16.3. The molecule has 0 bridgehead atoms. The Kier molecular flexibility index (Phi) is 5.79. The smallest absolute Gasteiger partial charge is 0.0789 e. The molecule has 1 aliphatic heterocycles. The first kappa shape index (κ1) is 14.5. The van der Waals surface area contributed by atoms with Crippen molar-refractivity contribution in [3.05, 3.63) is 35.9 Å². The predicted octanol–water partition coefficient (Wildman–Crippen LogP) is 0.166. The molecule has 3 N–H and O–H groups in total. The van der Waals surface area contributed by atoms with Crippen molar-refractivity contribution >= 4 is 0 Å².